The van der Waals surface area contributed by atoms with Crippen LogP contribution in [0, 0.1) is 0 Å². The van der Waals surface area contributed by atoms with Crippen molar-refractivity contribution in [1.82, 2.24) is 9.55 Å². The minimum atomic E-state index is -1.01. The normalized spacial score (nSPS) is 11.1. The van der Waals surface area contributed by atoms with Gasteiger partial charge in [-0.1, -0.05) is 78.7 Å². The lowest BCUT2D eigenvalue weighted by Gasteiger charge is -2.14. The van der Waals surface area contributed by atoms with Crippen molar-refractivity contribution >= 4 is 40.2 Å². The Kier molecular flexibility index (Phi) is 6.31. The average Bonchev–Trinajstić information content (AvgIpc) is 3.03. The predicted octanol–water partition coefficient (Wildman–Crippen LogP) is 6.07. The third-order valence-corrected chi connectivity index (χ3v) is 5.89. The van der Waals surface area contributed by atoms with Gasteiger partial charge in [0.1, 0.15) is 5.82 Å². The molecule has 0 aliphatic carbocycles. The third-order valence-electron chi connectivity index (χ3n) is 5.33. The summed E-state index contributed by atoms with van der Waals surface area (Å²) in [4.78, 5) is 29.2. The second kappa shape index (κ2) is 9.15. The first kappa shape index (κ1) is 22.1. The highest BCUT2D eigenvalue weighted by molar-refractivity contribution is 6.34. The molecule has 0 spiro atoms. The van der Waals surface area contributed by atoms with Crippen LogP contribution in [0.25, 0.3) is 22.2 Å². The molecule has 0 fully saturated rings. The molecule has 162 valence electrons. The molecule has 0 amide bonds. The molecule has 0 saturated heterocycles. The van der Waals surface area contributed by atoms with E-state index in [1.807, 2.05) is 54.0 Å². The van der Waals surface area contributed by atoms with Crippen LogP contribution in [0.5, 0.6) is 0 Å². The van der Waals surface area contributed by atoms with Gasteiger partial charge in [-0.3, -0.25) is 4.79 Å². The zero-order valence-corrected chi connectivity index (χ0v) is 18.8. The van der Waals surface area contributed by atoms with Gasteiger partial charge in [0.15, 0.2) is 0 Å². The Morgan fingerprint density at radius 1 is 1.03 bits per heavy atom. The number of carboxylic acids is 1. The Morgan fingerprint density at radius 3 is 2.44 bits per heavy atom. The van der Waals surface area contributed by atoms with Gasteiger partial charge in [0.2, 0.25) is 5.43 Å². The van der Waals surface area contributed by atoms with Gasteiger partial charge >= 0.3 is 5.97 Å². The summed E-state index contributed by atoms with van der Waals surface area (Å²) in [5, 5.41) is 10.1. The average molecular weight is 467 g/mol. The van der Waals surface area contributed by atoms with E-state index >= 15 is 0 Å². The van der Waals surface area contributed by atoms with Crippen LogP contribution in [0.1, 0.15) is 35.1 Å². The zero-order chi connectivity index (χ0) is 22.8. The van der Waals surface area contributed by atoms with E-state index in [-0.39, 0.29) is 22.2 Å². The number of fused-ring (bicyclic) bond motifs is 1. The second-order valence-electron chi connectivity index (χ2n) is 7.46. The van der Waals surface area contributed by atoms with Gasteiger partial charge in [-0.15, -0.1) is 0 Å². The first-order valence-corrected chi connectivity index (χ1v) is 11.0. The molecular formula is C25H20Cl2N2O3. The van der Waals surface area contributed by atoms with Crippen molar-refractivity contribution in [1.29, 1.82) is 0 Å². The van der Waals surface area contributed by atoms with E-state index < -0.39 is 11.4 Å². The van der Waals surface area contributed by atoms with Crippen molar-refractivity contribution in [2.75, 3.05) is 0 Å². The van der Waals surface area contributed by atoms with E-state index in [1.165, 1.54) is 6.07 Å². The summed E-state index contributed by atoms with van der Waals surface area (Å²) in [5.41, 5.74) is 3.04. The van der Waals surface area contributed by atoms with Gasteiger partial charge in [0.05, 0.1) is 33.2 Å². The highest BCUT2D eigenvalue weighted by atomic mass is 35.5. The number of aryl methyl sites for hydroxylation is 1. The first-order valence-electron chi connectivity index (χ1n) is 10.2. The van der Waals surface area contributed by atoms with Crippen molar-refractivity contribution in [3.05, 3.63) is 97.9 Å². The lowest BCUT2D eigenvalue weighted by Crippen LogP contribution is -2.11. The van der Waals surface area contributed by atoms with Crippen LogP contribution in [0.3, 0.4) is 0 Å². The van der Waals surface area contributed by atoms with Gasteiger partial charge in [0, 0.05) is 6.42 Å². The fraction of sp³-hybridized carbons (Fsp3) is 0.160. The van der Waals surface area contributed by atoms with E-state index in [2.05, 4.69) is 4.98 Å². The summed E-state index contributed by atoms with van der Waals surface area (Å²) in [6.07, 6.45) is 1.53. The molecule has 0 unspecified atom stereocenters. The maximum Gasteiger partial charge on any atom is 0.336 e. The Morgan fingerprint density at radius 2 is 1.75 bits per heavy atom. The van der Waals surface area contributed by atoms with Gasteiger partial charge in [-0.25, -0.2) is 9.78 Å². The van der Waals surface area contributed by atoms with Crippen LogP contribution in [-0.2, 0) is 13.0 Å². The molecule has 1 aromatic heterocycles. The Bertz CT molecular complexity index is 1380. The number of rotatable bonds is 6. The molecule has 7 heteroatoms. The van der Waals surface area contributed by atoms with Gasteiger partial charge < -0.3 is 9.67 Å². The molecule has 0 aliphatic heterocycles. The number of aromatic carboxylic acids is 1. The van der Waals surface area contributed by atoms with E-state index in [0.717, 1.165) is 17.8 Å². The summed E-state index contributed by atoms with van der Waals surface area (Å²) >= 11 is 12.3. The number of imidazole rings is 1. The maximum atomic E-state index is 12.3. The number of aromatic nitrogens is 2. The van der Waals surface area contributed by atoms with E-state index in [1.54, 1.807) is 12.1 Å². The molecular weight excluding hydrogens is 447 g/mol. The molecule has 1 heterocycles. The molecule has 4 aromatic rings. The number of hydrogen-bond donors (Lipinski definition) is 1. The Balaban J connectivity index is 1.95. The van der Waals surface area contributed by atoms with Gasteiger partial charge in [-0.2, -0.15) is 0 Å². The molecule has 0 radical (unpaired) electrons. The number of carbonyl (C=O) groups is 1. The SMILES string of the molecule is CCCc1nc2cc(Cl)c(=O)c(Cl)cc2n1Cc1cccc(-c2ccccc2)c1C(=O)O. The topological polar surface area (TPSA) is 72.2 Å². The highest BCUT2D eigenvalue weighted by Crippen LogP contribution is 2.29. The molecule has 0 saturated carbocycles. The van der Waals surface area contributed by atoms with Crippen LogP contribution in [0.2, 0.25) is 10.0 Å². The minimum absolute atomic E-state index is 0.00463. The van der Waals surface area contributed by atoms with Crippen LogP contribution in [-0.4, -0.2) is 20.6 Å². The van der Waals surface area contributed by atoms with Crippen LogP contribution >= 0.6 is 23.2 Å². The third kappa shape index (κ3) is 4.14. The molecule has 32 heavy (non-hydrogen) atoms. The molecule has 0 aliphatic rings. The van der Waals surface area contributed by atoms with Crippen LogP contribution < -0.4 is 5.43 Å². The summed E-state index contributed by atoms with van der Waals surface area (Å²) in [5.74, 6) is -0.232. The number of halogens is 2. The zero-order valence-electron chi connectivity index (χ0n) is 17.3. The van der Waals surface area contributed by atoms with Crippen LogP contribution in [0.4, 0.5) is 0 Å². The fourth-order valence-electron chi connectivity index (χ4n) is 3.88. The van der Waals surface area contributed by atoms with Gasteiger partial charge in [-0.05, 0) is 35.2 Å². The standard InChI is InChI=1S/C25H20Cl2N2O3/c1-2-7-22-28-20-12-18(26)24(30)19(27)13-21(20)29(22)14-16-10-6-11-17(23(16)25(31)32)15-8-4-3-5-9-15/h3-6,8-13H,2,7,14H2,1H3,(H,31,32). The van der Waals surface area contributed by atoms with Crippen molar-refractivity contribution in [2.45, 2.75) is 26.3 Å². The number of hydrogen-bond acceptors (Lipinski definition) is 3. The number of carboxylic acid groups (broad SMARTS) is 1. The first-order chi connectivity index (χ1) is 15.4. The highest BCUT2D eigenvalue weighted by Gasteiger charge is 2.19. The predicted molar refractivity (Wildman–Crippen MR) is 128 cm³/mol. The minimum Gasteiger partial charge on any atom is -0.478 e. The van der Waals surface area contributed by atoms with Crippen LogP contribution in [0.15, 0.2) is 65.5 Å². The summed E-state index contributed by atoms with van der Waals surface area (Å²) in [6, 6.07) is 17.9. The summed E-state index contributed by atoms with van der Waals surface area (Å²) < 4.78 is 1.91. The van der Waals surface area contributed by atoms with Crippen molar-refractivity contribution in [3.63, 3.8) is 0 Å². The van der Waals surface area contributed by atoms with Crippen molar-refractivity contribution in [3.8, 4) is 11.1 Å². The second-order valence-corrected chi connectivity index (χ2v) is 8.27. The quantitative estimate of drug-likeness (QED) is 0.374. The van der Waals surface area contributed by atoms with E-state index in [9.17, 15) is 14.7 Å². The Labute approximate surface area is 194 Å². The van der Waals surface area contributed by atoms with Crippen molar-refractivity contribution in [2.24, 2.45) is 0 Å². The summed E-state index contributed by atoms with van der Waals surface area (Å²) in [6.45, 7) is 2.30. The molecule has 1 N–H and O–H groups in total. The largest absolute Gasteiger partial charge is 0.478 e. The lowest BCUT2D eigenvalue weighted by molar-refractivity contribution is 0.0696. The lowest BCUT2D eigenvalue weighted by atomic mass is 9.95. The molecule has 5 nitrogen and oxygen atoms in total. The van der Waals surface area contributed by atoms with E-state index in [4.69, 9.17) is 23.2 Å². The number of nitrogens with zero attached hydrogens (tertiary/aromatic N) is 2. The smallest absolute Gasteiger partial charge is 0.336 e. The fourth-order valence-corrected chi connectivity index (χ4v) is 4.34. The van der Waals surface area contributed by atoms with Gasteiger partial charge in [0.25, 0.3) is 0 Å². The van der Waals surface area contributed by atoms with Crippen molar-refractivity contribution < 1.29 is 9.90 Å². The summed E-state index contributed by atoms with van der Waals surface area (Å²) in [7, 11) is 0. The molecule has 3 aromatic carbocycles. The molecule has 0 atom stereocenters. The van der Waals surface area contributed by atoms with E-state index in [0.29, 0.717) is 28.6 Å². The number of benzene rings is 2. The monoisotopic (exact) mass is 466 g/mol. The Hall–Kier alpha value is -3.15. The maximum absolute atomic E-state index is 12.3. The molecule has 0 bridgehead atoms. The molecule has 4 rings (SSSR count).